The molecule has 0 unspecified atom stereocenters. The van der Waals surface area contributed by atoms with Crippen molar-refractivity contribution in [1.29, 1.82) is 0 Å². The van der Waals surface area contributed by atoms with E-state index in [1.165, 1.54) is 34.2 Å². The number of rotatable bonds is 4. The van der Waals surface area contributed by atoms with E-state index in [9.17, 15) is 9.59 Å². The molecule has 0 saturated heterocycles. The molecule has 6 rings (SSSR count). The van der Waals surface area contributed by atoms with Crippen molar-refractivity contribution in [3.05, 3.63) is 97.4 Å². The van der Waals surface area contributed by atoms with Crippen LogP contribution in [0.1, 0.15) is 23.1 Å². The fraction of sp³-hybridized carbons (Fsp3) is 0.160. The number of aromatic nitrogens is 2. The van der Waals surface area contributed by atoms with Crippen molar-refractivity contribution in [2.24, 2.45) is 0 Å². The summed E-state index contributed by atoms with van der Waals surface area (Å²) in [5, 5.41) is 4.08. The first-order valence-electron chi connectivity index (χ1n) is 10.4. The Kier molecular flexibility index (Phi) is 4.73. The van der Waals surface area contributed by atoms with Gasteiger partial charge in [-0.25, -0.2) is 9.78 Å². The molecule has 7 heteroatoms. The normalized spacial score (nSPS) is 13.1. The molecule has 5 nitrogen and oxygen atoms in total. The molecule has 0 atom stereocenters. The number of hydrogen-bond donors (Lipinski definition) is 0. The molecule has 3 heterocycles. The summed E-state index contributed by atoms with van der Waals surface area (Å²) in [5.41, 5.74) is 4.47. The van der Waals surface area contributed by atoms with Crippen LogP contribution in [0, 0.1) is 0 Å². The lowest BCUT2D eigenvalue weighted by molar-refractivity contribution is 0.559. The molecule has 1 aliphatic carbocycles. The third-order valence-corrected chi connectivity index (χ3v) is 7.67. The molecular formula is C25H18N2O3S2. The molecule has 0 N–H and O–H groups in total. The summed E-state index contributed by atoms with van der Waals surface area (Å²) < 4.78 is 7.16. The minimum atomic E-state index is -0.354. The first-order valence-corrected chi connectivity index (χ1v) is 12.3. The Labute approximate surface area is 191 Å². The third-order valence-electron chi connectivity index (χ3n) is 5.88. The summed E-state index contributed by atoms with van der Waals surface area (Å²) in [7, 11) is 0. The molecule has 1 aliphatic rings. The number of fused-ring (bicyclic) bond motifs is 3. The Morgan fingerprint density at radius 2 is 1.81 bits per heavy atom. The van der Waals surface area contributed by atoms with E-state index < -0.39 is 0 Å². The number of thiophene rings is 1. The summed E-state index contributed by atoms with van der Waals surface area (Å²) in [6, 6.07) is 17.1. The number of aryl methyl sites for hydroxylation is 2. The standard InChI is InChI=1S/C25H18N2O3S2/c28-22-13-17(20-11-15-5-4-6-16(15)12-21(20)30-22)14-32-25-26-23-19(9-10-31-23)24(29)27(25)18-7-2-1-3-8-18/h1-3,7-13H,4-6,14H2. The van der Waals surface area contributed by atoms with Gasteiger partial charge in [0.15, 0.2) is 5.16 Å². The van der Waals surface area contributed by atoms with Gasteiger partial charge in [-0.3, -0.25) is 9.36 Å². The Morgan fingerprint density at radius 1 is 1.00 bits per heavy atom. The van der Waals surface area contributed by atoms with Gasteiger partial charge in [0.1, 0.15) is 10.4 Å². The number of thioether (sulfide) groups is 1. The minimum Gasteiger partial charge on any atom is -0.423 e. The van der Waals surface area contributed by atoms with Crippen molar-refractivity contribution in [3.8, 4) is 5.69 Å². The van der Waals surface area contributed by atoms with Crippen LogP contribution in [0.5, 0.6) is 0 Å². The molecule has 2 aromatic carbocycles. The molecule has 0 saturated carbocycles. The number of nitrogens with zero attached hydrogens (tertiary/aromatic N) is 2. The first kappa shape index (κ1) is 19.5. The van der Waals surface area contributed by atoms with Gasteiger partial charge in [0.05, 0.1) is 11.1 Å². The van der Waals surface area contributed by atoms with Crippen molar-refractivity contribution >= 4 is 44.3 Å². The van der Waals surface area contributed by atoms with E-state index in [1.54, 1.807) is 10.6 Å². The Bertz CT molecular complexity index is 1600. The van der Waals surface area contributed by atoms with E-state index in [0.29, 0.717) is 21.9 Å². The van der Waals surface area contributed by atoms with Gasteiger partial charge in [0.25, 0.3) is 5.56 Å². The third kappa shape index (κ3) is 3.29. The number of hydrogen-bond acceptors (Lipinski definition) is 6. The lowest BCUT2D eigenvalue weighted by Gasteiger charge is -2.13. The van der Waals surface area contributed by atoms with Crippen LogP contribution in [-0.2, 0) is 18.6 Å². The molecule has 0 amide bonds. The van der Waals surface area contributed by atoms with Crippen LogP contribution >= 0.6 is 23.1 Å². The van der Waals surface area contributed by atoms with Gasteiger partial charge >= 0.3 is 5.63 Å². The van der Waals surface area contributed by atoms with Crippen LogP contribution in [0.2, 0.25) is 0 Å². The molecule has 0 aliphatic heterocycles. The summed E-state index contributed by atoms with van der Waals surface area (Å²) in [6.07, 6.45) is 3.22. The molecule has 0 spiro atoms. The molecule has 5 aromatic rings. The predicted molar refractivity (Wildman–Crippen MR) is 129 cm³/mol. The first-order chi connectivity index (χ1) is 15.7. The largest absolute Gasteiger partial charge is 0.423 e. The van der Waals surface area contributed by atoms with Gasteiger partial charge in [-0.05, 0) is 71.7 Å². The Hall–Kier alpha value is -3.16. The monoisotopic (exact) mass is 458 g/mol. The van der Waals surface area contributed by atoms with E-state index in [2.05, 4.69) is 6.07 Å². The second kappa shape index (κ2) is 7.76. The van der Waals surface area contributed by atoms with Crippen LogP contribution < -0.4 is 11.2 Å². The highest BCUT2D eigenvalue weighted by Crippen LogP contribution is 2.32. The van der Waals surface area contributed by atoms with Gasteiger partial charge in [-0.15, -0.1) is 11.3 Å². The quantitative estimate of drug-likeness (QED) is 0.207. The van der Waals surface area contributed by atoms with E-state index in [0.717, 1.165) is 40.7 Å². The Balaban J connectivity index is 1.46. The zero-order valence-electron chi connectivity index (χ0n) is 17.0. The van der Waals surface area contributed by atoms with E-state index in [1.807, 2.05) is 47.8 Å². The van der Waals surface area contributed by atoms with Gasteiger partial charge in [0.2, 0.25) is 0 Å². The van der Waals surface area contributed by atoms with Crippen molar-refractivity contribution in [1.82, 2.24) is 9.55 Å². The molecule has 32 heavy (non-hydrogen) atoms. The fourth-order valence-corrected chi connectivity index (χ4v) is 6.16. The van der Waals surface area contributed by atoms with Crippen LogP contribution in [-0.4, -0.2) is 9.55 Å². The zero-order chi connectivity index (χ0) is 21.7. The van der Waals surface area contributed by atoms with Crippen molar-refractivity contribution in [3.63, 3.8) is 0 Å². The summed E-state index contributed by atoms with van der Waals surface area (Å²) >= 11 is 2.92. The molecular weight excluding hydrogens is 440 g/mol. The van der Waals surface area contributed by atoms with Crippen molar-refractivity contribution < 1.29 is 4.42 Å². The SMILES string of the molecule is O=c1cc(CSc2nc3sccc3c(=O)n2-c2ccccc2)c2cc3c(cc2o1)CCC3. The zero-order valence-corrected chi connectivity index (χ0v) is 18.7. The predicted octanol–water partition coefficient (Wildman–Crippen LogP) is 5.33. The molecule has 0 radical (unpaired) electrons. The summed E-state index contributed by atoms with van der Waals surface area (Å²) in [5.74, 6) is 0.511. The molecule has 0 fully saturated rings. The molecule has 0 bridgehead atoms. The van der Waals surface area contributed by atoms with Gasteiger partial charge < -0.3 is 4.42 Å². The smallest absolute Gasteiger partial charge is 0.336 e. The number of benzene rings is 2. The summed E-state index contributed by atoms with van der Waals surface area (Å²) in [4.78, 5) is 31.0. The molecule has 158 valence electrons. The van der Waals surface area contributed by atoms with E-state index in [4.69, 9.17) is 9.40 Å². The maximum Gasteiger partial charge on any atom is 0.336 e. The average Bonchev–Trinajstić information content (AvgIpc) is 3.46. The van der Waals surface area contributed by atoms with Gasteiger partial charge in [-0.2, -0.15) is 0 Å². The lowest BCUT2D eigenvalue weighted by atomic mass is 10.0. The van der Waals surface area contributed by atoms with Crippen LogP contribution in [0.15, 0.2) is 79.1 Å². The maximum absolute atomic E-state index is 13.3. The second-order valence-electron chi connectivity index (χ2n) is 7.86. The van der Waals surface area contributed by atoms with Crippen LogP contribution in [0.3, 0.4) is 0 Å². The number of para-hydroxylation sites is 1. The van der Waals surface area contributed by atoms with Crippen molar-refractivity contribution in [2.75, 3.05) is 0 Å². The maximum atomic E-state index is 13.3. The average molecular weight is 459 g/mol. The van der Waals surface area contributed by atoms with Crippen LogP contribution in [0.25, 0.3) is 26.9 Å². The summed E-state index contributed by atoms with van der Waals surface area (Å²) in [6.45, 7) is 0. The Morgan fingerprint density at radius 3 is 2.66 bits per heavy atom. The molecule has 3 aromatic heterocycles. The highest BCUT2D eigenvalue weighted by atomic mass is 32.2. The van der Waals surface area contributed by atoms with Gasteiger partial charge in [0, 0.05) is 17.2 Å². The fourth-order valence-electron chi connectivity index (χ4n) is 4.35. The van der Waals surface area contributed by atoms with Gasteiger partial charge in [-0.1, -0.05) is 30.0 Å². The second-order valence-corrected chi connectivity index (χ2v) is 9.70. The van der Waals surface area contributed by atoms with E-state index >= 15 is 0 Å². The lowest BCUT2D eigenvalue weighted by Crippen LogP contribution is -2.21. The highest BCUT2D eigenvalue weighted by molar-refractivity contribution is 7.98. The van der Waals surface area contributed by atoms with Crippen LogP contribution in [0.4, 0.5) is 0 Å². The highest BCUT2D eigenvalue weighted by Gasteiger charge is 2.18. The minimum absolute atomic E-state index is 0.0831. The van der Waals surface area contributed by atoms with Crippen molar-refractivity contribution in [2.45, 2.75) is 30.2 Å². The van der Waals surface area contributed by atoms with E-state index in [-0.39, 0.29) is 11.2 Å². The topological polar surface area (TPSA) is 65.1 Å².